The minimum atomic E-state index is -0.237. The molecule has 0 atom stereocenters. The molecule has 3 heteroatoms. The third kappa shape index (κ3) is 3.67. The molecule has 1 aliphatic rings. The van der Waals surface area contributed by atoms with Crippen LogP contribution < -0.4 is 0 Å². The maximum Gasteiger partial charge on any atom is 0.333 e. The lowest BCUT2D eigenvalue weighted by atomic mass is 9.82. The number of aliphatic hydroxyl groups is 1. The lowest BCUT2D eigenvalue weighted by molar-refractivity contribution is -0.136. The molecule has 0 aliphatic heterocycles. The zero-order valence-corrected chi connectivity index (χ0v) is 9.53. The molecule has 3 nitrogen and oxygen atoms in total. The van der Waals surface area contributed by atoms with Crippen LogP contribution in [0.25, 0.3) is 0 Å². The van der Waals surface area contributed by atoms with Crippen LogP contribution in [-0.2, 0) is 9.53 Å². The van der Waals surface area contributed by atoms with Crippen LogP contribution in [-0.4, -0.2) is 24.8 Å². The van der Waals surface area contributed by atoms with Gasteiger partial charge in [0.2, 0.25) is 0 Å². The topological polar surface area (TPSA) is 46.5 Å². The Morgan fingerprint density at radius 3 is 2.47 bits per heavy atom. The molecule has 0 radical (unpaired) electrons. The van der Waals surface area contributed by atoms with Gasteiger partial charge in [0.1, 0.15) is 0 Å². The molecular weight excluding hydrogens is 192 g/mol. The first-order chi connectivity index (χ1) is 7.17. The number of hydrogen-bond acceptors (Lipinski definition) is 3. The molecule has 0 bridgehead atoms. The zero-order chi connectivity index (χ0) is 11.3. The van der Waals surface area contributed by atoms with Crippen molar-refractivity contribution >= 4 is 5.97 Å². The van der Waals surface area contributed by atoms with Gasteiger partial charge in [0.05, 0.1) is 7.11 Å². The number of methoxy groups -OCH3 is 1. The molecule has 86 valence electrons. The molecule has 0 aromatic rings. The van der Waals surface area contributed by atoms with E-state index in [0.29, 0.717) is 24.0 Å². The van der Waals surface area contributed by atoms with Crippen molar-refractivity contribution in [3.05, 3.63) is 11.6 Å². The van der Waals surface area contributed by atoms with E-state index in [0.717, 1.165) is 25.7 Å². The minimum Gasteiger partial charge on any atom is -0.466 e. The number of esters is 1. The van der Waals surface area contributed by atoms with Crippen molar-refractivity contribution in [2.24, 2.45) is 11.8 Å². The molecule has 15 heavy (non-hydrogen) atoms. The number of rotatable bonds is 3. The smallest absolute Gasteiger partial charge is 0.333 e. The summed E-state index contributed by atoms with van der Waals surface area (Å²) in [7, 11) is 1.41. The highest BCUT2D eigenvalue weighted by molar-refractivity contribution is 5.87. The molecule has 0 aromatic heterocycles. The number of hydrogen-bond donors (Lipinski definition) is 1. The molecule has 0 amide bonds. The lowest BCUT2D eigenvalue weighted by Gasteiger charge is -2.25. The van der Waals surface area contributed by atoms with Crippen LogP contribution in [0.15, 0.2) is 11.6 Å². The van der Waals surface area contributed by atoms with Gasteiger partial charge >= 0.3 is 5.97 Å². The van der Waals surface area contributed by atoms with Gasteiger partial charge in [-0.3, -0.25) is 0 Å². The Labute approximate surface area is 91.1 Å². The van der Waals surface area contributed by atoms with E-state index < -0.39 is 0 Å². The van der Waals surface area contributed by atoms with E-state index in [2.05, 4.69) is 4.74 Å². The van der Waals surface area contributed by atoms with Crippen LogP contribution in [0.2, 0.25) is 0 Å². The maximum absolute atomic E-state index is 11.2. The molecule has 1 fully saturated rings. The van der Waals surface area contributed by atoms with Crippen molar-refractivity contribution in [2.75, 3.05) is 13.7 Å². The lowest BCUT2D eigenvalue weighted by Crippen LogP contribution is -2.16. The molecule has 0 saturated heterocycles. The second-order valence-corrected chi connectivity index (χ2v) is 4.30. The van der Waals surface area contributed by atoms with E-state index >= 15 is 0 Å². The van der Waals surface area contributed by atoms with Crippen molar-refractivity contribution in [2.45, 2.75) is 32.6 Å². The second-order valence-electron chi connectivity index (χ2n) is 4.30. The molecule has 0 spiro atoms. The van der Waals surface area contributed by atoms with Crippen molar-refractivity contribution in [3.8, 4) is 0 Å². The molecule has 1 rings (SSSR count). The van der Waals surface area contributed by atoms with Crippen LogP contribution in [0.5, 0.6) is 0 Å². The normalized spacial score (nSPS) is 27.5. The van der Waals surface area contributed by atoms with E-state index in [-0.39, 0.29) is 5.97 Å². The van der Waals surface area contributed by atoms with Crippen molar-refractivity contribution in [1.82, 2.24) is 0 Å². The fourth-order valence-corrected chi connectivity index (χ4v) is 2.12. The second kappa shape index (κ2) is 5.91. The Bertz CT molecular complexity index is 237. The highest BCUT2D eigenvalue weighted by atomic mass is 16.5. The number of aliphatic hydroxyl groups excluding tert-OH is 1. The van der Waals surface area contributed by atoms with Crippen molar-refractivity contribution in [3.63, 3.8) is 0 Å². The molecule has 0 unspecified atom stereocenters. The predicted octanol–water partition coefficient (Wildman–Crippen LogP) is 1.90. The fourth-order valence-electron chi connectivity index (χ4n) is 2.12. The van der Waals surface area contributed by atoms with Crippen LogP contribution in [0, 0.1) is 11.8 Å². The summed E-state index contributed by atoms with van der Waals surface area (Å²) in [5.41, 5.74) is 0.699. The van der Waals surface area contributed by atoms with Crippen LogP contribution in [0.3, 0.4) is 0 Å². The monoisotopic (exact) mass is 212 g/mol. The summed E-state index contributed by atoms with van der Waals surface area (Å²) in [6.45, 7) is 2.09. The average molecular weight is 212 g/mol. The van der Waals surface area contributed by atoms with Crippen LogP contribution in [0.4, 0.5) is 0 Å². The van der Waals surface area contributed by atoms with Gasteiger partial charge < -0.3 is 9.84 Å². The largest absolute Gasteiger partial charge is 0.466 e. The van der Waals surface area contributed by atoms with Crippen molar-refractivity contribution in [1.29, 1.82) is 0 Å². The van der Waals surface area contributed by atoms with E-state index in [1.54, 1.807) is 6.92 Å². The molecular formula is C12H20O3. The fraction of sp³-hybridized carbons (Fsp3) is 0.750. The third-order valence-corrected chi connectivity index (χ3v) is 3.14. The first kappa shape index (κ1) is 12.2. The third-order valence-electron chi connectivity index (χ3n) is 3.14. The SMILES string of the molecule is COC(=O)C(C)=CC1CCC(CO)CC1. The number of carbonyl (C=O) groups excluding carboxylic acids is 1. The summed E-state index contributed by atoms with van der Waals surface area (Å²) in [6, 6.07) is 0. The van der Waals surface area contributed by atoms with E-state index in [4.69, 9.17) is 5.11 Å². The highest BCUT2D eigenvalue weighted by Gasteiger charge is 2.19. The molecule has 1 aliphatic carbocycles. The Hall–Kier alpha value is -0.830. The standard InChI is InChI=1S/C12H20O3/c1-9(12(14)15-2)7-10-3-5-11(8-13)6-4-10/h7,10-11,13H,3-6,8H2,1-2H3. The summed E-state index contributed by atoms with van der Waals surface area (Å²) < 4.78 is 4.65. The van der Waals surface area contributed by atoms with Gasteiger partial charge in [-0.2, -0.15) is 0 Å². The van der Waals surface area contributed by atoms with Gasteiger partial charge in [-0.15, -0.1) is 0 Å². The minimum absolute atomic E-state index is 0.237. The summed E-state index contributed by atoms with van der Waals surface area (Å²) >= 11 is 0. The Balaban J connectivity index is 2.44. The van der Waals surface area contributed by atoms with Gasteiger partial charge in [0.15, 0.2) is 0 Å². The van der Waals surface area contributed by atoms with Crippen molar-refractivity contribution < 1.29 is 14.6 Å². The van der Waals surface area contributed by atoms with Gasteiger partial charge in [-0.25, -0.2) is 4.79 Å². The van der Waals surface area contributed by atoms with Crippen LogP contribution in [0.1, 0.15) is 32.6 Å². The van der Waals surface area contributed by atoms with E-state index in [9.17, 15) is 4.79 Å². The summed E-state index contributed by atoms with van der Waals surface area (Å²) in [5.74, 6) is 0.708. The number of ether oxygens (including phenoxy) is 1. The number of carbonyl (C=O) groups is 1. The number of allylic oxidation sites excluding steroid dienone is 1. The molecule has 0 aromatic carbocycles. The maximum atomic E-state index is 11.2. The summed E-state index contributed by atoms with van der Waals surface area (Å²) in [6.07, 6.45) is 6.27. The molecule has 0 heterocycles. The highest BCUT2D eigenvalue weighted by Crippen LogP contribution is 2.29. The van der Waals surface area contributed by atoms with Gasteiger partial charge in [0, 0.05) is 12.2 Å². The predicted molar refractivity (Wildman–Crippen MR) is 58.3 cm³/mol. The molecule has 1 saturated carbocycles. The first-order valence-corrected chi connectivity index (χ1v) is 5.55. The zero-order valence-electron chi connectivity index (χ0n) is 9.53. The summed E-state index contributed by atoms with van der Waals surface area (Å²) in [4.78, 5) is 11.2. The molecule has 1 N–H and O–H groups in total. The average Bonchev–Trinajstić information content (AvgIpc) is 2.29. The Morgan fingerprint density at radius 2 is 2.00 bits per heavy atom. The van der Waals surface area contributed by atoms with Gasteiger partial charge in [-0.05, 0) is 44.4 Å². The van der Waals surface area contributed by atoms with Crippen LogP contribution >= 0.6 is 0 Å². The Kier molecular flexibility index (Phi) is 4.82. The Morgan fingerprint density at radius 1 is 1.40 bits per heavy atom. The quantitative estimate of drug-likeness (QED) is 0.574. The summed E-state index contributed by atoms with van der Waals surface area (Å²) in [5, 5.41) is 9.00. The van der Waals surface area contributed by atoms with Gasteiger partial charge in [0.25, 0.3) is 0 Å². The van der Waals surface area contributed by atoms with E-state index in [1.165, 1.54) is 7.11 Å². The first-order valence-electron chi connectivity index (χ1n) is 5.55. The van der Waals surface area contributed by atoms with E-state index in [1.807, 2.05) is 6.08 Å². The van der Waals surface area contributed by atoms with Gasteiger partial charge in [-0.1, -0.05) is 6.08 Å².